The molecule has 4 heteroatoms. The first kappa shape index (κ1) is 13.3. The summed E-state index contributed by atoms with van der Waals surface area (Å²) in [7, 11) is 0. The predicted molar refractivity (Wildman–Crippen MR) is 45.4 cm³/mol. The molecule has 0 spiro atoms. The lowest BCUT2D eigenvalue weighted by atomic mass is 10.5. The Labute approximate surface area is 76.1 Å². The van der Waals surface area contributed by atoms with Crippen LogP contribution in [-0.2, 0) is 7.58 Å². The molecule has 0 aromatic heterocycles. The molecule has 0 saturated heterocycles. The van der Waals surface area contributed by atoms with Crippen molar-refractivity contribution in [3.8, 4) is 0 Å². The van der Waals surface area contributed by atoms with E-state index in [9.17, 15) is 0 Å². The van der Waals surface area contributed by atoms with Crippen molar-refractivity contribution in [3.05, 3.63) is 0 Å². The molecule has 0 unspecified atom stereocenters. The van der Waals surface area contributed by atoms with E-state index in [-0.39, 0.29) is 28.3 Å². The van der Waals surface area contributed by atoms with Crippen LogP contribution in [-0.4, -0.2) is 28.1 Å². The van der Waals surface area contributed by atoms with Gasteiger partial charge in [-0.05, 0) is 27.7 Å². The van der Waals surface area contributed by atoms with E-state index >= 15 is 0 Å². The first-order valence-corrected chi connectivity index (χ1v) is 4.20. The summed E-state index contributed by atoms with van der Waals surface area (Å²) in [6, 6.07) is 0. The molecule has 1 radical (unpaired) electrons. The van der Waals surface area contributed by atoms with Gasteiger partial charge in [0.1, 0.15) is 0 Å². The second-order valence-electron chi connectivity index (χ2n) is 2.47. The maximum Gasteiger partial charge on any atom is 0.668 e. The lowest BCUT2D eigenvalue weighted by Gasteiger charge is -2.09. The van der Waals surface area contributed by atoms with Gasteiger partial charge in [0.15, 0.2) is 0 Å². The van der Waals surface area contributed by atoms with Gasteiger partial charge in [0.05, 0.1) is 0 Å². The van der Waals surface area contributed by atoms with Crippen LogP contribution < -0.4 is 0 Å². The molecular weight excluding hydrogens is 166 g/mol. The maximum atomic E-state index is 5.21. The second kappa shape index (κ2) is 7.85. The van der Waals surface area contributed by atoms with Crippen molar-refractivity contribution >= 4 is 28.3 Å². The molecule has 10 heavy (non-hydrogen) atoms. The average molecular weight is 182 g/mol. The number of rotatable bonds is 4. The van der Waals surface area contributed by atoms with Crippen LogP contribution in [0, 0.1) is 0 Å². The zero-order valence-electron chi connectivity index (χ0n) is 6.96. The Hall–Kier alpha value is 0.742. The molecule has 0 aliphatic rings. The van der Waals surface area contributed by atoms with Crippen LogP contribution in [0.2, 0.25) is 0 Å². The largest absolute Gasteiger partial charge is 0.668 e. The predicted octanol–water partition coefficient (Wildman–Crippen LogP) is 1.79. The van der Waals surface area contributed by atoms with Crippen molar-refractivity contribution in [1.82, 2.24) is 0 Å². The van der Waals surface area contributed by atoms with Gasteiger partial charge in [0.25, 0.3) is 0 Å². The van der Waals surface area contributed by atoms with Gasteiger partial charge in [-0.1, -0.05) is 0 Å². The van der Waals surface area contributed by atoms with E-state index in [2.05, 4.69) is 0 Å². The van der Waals surface area contributed by atoms with Gasteiger partial charge in [-0.2, -0.15) is 0 Å². The van der Waals surface area contributed by atoms with Gasteiger partial charge < -0.3 is 7.58 Å². The third kappa shape index (κ3) is 11.5. The molecule has 0 aliphatic carbocycles. The summed E-state index contributed by atoms with van der Waals surface area (Å²) >= 11 is -0.245. The molecule has 2 nitrogen and oxygen atoms in total. The van der Waals surface area contributed by atoms with Crippen molar-refractivity contribution < 1.29 is 7.58 Å². The van der Waals surface area contributed by atoms with Crippen LogP contribution in [0.4, 0.5) is 0 Å². The summed E-state index contributed by atoms with van der Waals surface area (Å²) in [4.78, 5) is 0. The second-order valence-corrected chi connectivity index (χ2v) is 3.20. The van der Waals surface area contributed by atoms with Gasteiger partial charge in [0.2, 0.25) is 0 Å². The molecule has 0 bridgehead atoms. The first-order valence-electron chi connectivity index (χ1n) is 3.25. The molecule has 0 atom stereocenters. The Kier molecular flexibility index (Phi) is 10.5. The minimum Gasteiger partial charge on any atom is -0.482 e. The lowest BCUT2D eigenvalue weighted by molar-refractivity contribution is 0.152. The fourth-order valence-corrected chi connectivity index (χ4v) is 0.763. The van der Waals surface area contributed by atoms with Crippen LogP contribution in [0.5, 0.6) is 0 Å². The normalized spacial score (nSPS) is 9.80. The van der Waals surface area contributed by atoms with Crippen molar-refractivity contribution in [2.45, 2.75) is 39.9 Å². The third-order valence-corrected chi connectivity index (χ3v) is 1.97. The van der Waals surface area contributed by atoms with Gasteiger partial charge in [0, 0.05) is 12.2 Å². The standard InChI is InChI=1S/2C3H7O.Al.ClH/c2*1-3(2)4;;/h2*3H,1-2H3;;1H/q2*-1;+2;. The summed E-state index contributed by atoms with van der Waals surface area (Å²) in [5.74, 6) is 0. The first-order chi connectivity index (χ1) is 4.13. The Balaban J connectivity index is 0. The highest BCUT2D eigenvalue weighted by Gasteiger charge is 2.01. The van der Waals surface area contributed by atoms with Crippen LogP contribution >= 0.6 is 12.4 Å². The Morgan fingerprint density at radius 1 is 0.900 bits per heavy atom. The molecule has 0 N–H and O–H groups in total. The molecule has 0 aromatic carbocycles. The molecule has 0 aliphatic heterocycles. The van der Waals surface area contributed by atoms with E-state index in [1.165, 1.54) is 0 Å². The van der Waals surface area contributed by atoms with Crippen molar-refractivity contribution in [1.29, 1.82) is 0 Å². The van der Waals surface area contributed by atoms with Crippen molar-refractivity contribution in [3.63, 3.8) is 0 Å². The summed E-state index contributed by atoms with van der Waals surface area (Å²) in [5, 5.41) is 0. The van der Waals surface area contributed by atoms with Gasteiger partial charge in [-0.25, -0.2) is 0 Å². The monoisotopic (exact) mass is 181 g/mol. The molecule has 0 amide bonds. The number of hydrogen-bond acceptors (Lipinski definition) is 2. The third-order valence-electron chi connectivity index (χ3n) is 0.655. The van der Waals surface area contributed by atoms with E-state index in [1.807, 2.05) is 27.7 Å². The van der Waals surface area contributed by atoms with E-state index in [4.69, 9.17) is 7.58 Å². The number of halogens is 1. The minimum atomic E-state index is -0.245. The lowest BCUT2D eigenvalue weighted by Crippen LogP contribution is -2.14. The minimum absolute atomic E-state index is 0. The summed E-state index contributed by atoms with van der Waals surface area (Å²) < 4.78 is 10.4. The molecule has 0 fully saturated rings. The highest BCUT2D eigenvalue weighted by atomic mass is 35.5. The smallest absolute Gasteiger partial charge is 0.482 e. The molecule has 61 valence electrons. The highest BCUT2D eigenvalue weighted by Crippen LogP contribution is 1.89. The maximum absolute atomic E-state index is 5.21. The highest BCUT2D eigenvalue weighted by molar-refractivity contribution is 6.18. The van der Waals surface area contributed by atoms with Gasteiger partial charge in [-0.15, -0.1) is 12.4 Å². The Morgan fingerprint density at radius 2 is 1.20 bits per heavy atom. The van der Waals surface area contributed by atoms with Crippen LogP contribution in [0.3, 0.4) is 0 Å². The van der Waals surface area contributed by atoms with Crippen LogP contribution in [0.15, 0.2) is 0 Å². The van der Waals surface area contributed by atoms with E-state index in [1.54, 1.807) is 0 Å². The quantitative estimate of drug-likeness (QED) is 0.616. The molecule has 0 saturated carbocycles. The van der Waals surface area contributed by atoms with Gasteiger partial charge >= 0.3 is 15.9 Å². The fraction of sp³-hybridized carbons (Fsp3) is 1.00. The topological polar surface area (TPSA) is 18.5 Å². The Morgan fingerprint density at radius 3 is 1.40 bits per heavy atom. The molecule has 0 rings (SSSR count). The zero-order chi connectivity index (χ0) is 7.28. The van der Waals surface area contributed by atoms with Crippen LogP contribution in [0.25, 0.3) is 0 Å². The fourth-order valence-electron chi connectivity index (χ4n) is 0.254. The van der Waals surface area contributed by atoms with Crippen LogP contribution in [0.1, 0.15) is 27.7 Å². The number of hydrogen-bond donors (Lipinski definition) is 0. The summed E-state index contributed by atoms with van der Waals surface area (Å²) in [5.41, 5.74) is 0. The van der Waals surface area contributed by atoms with Crippen molar-refractivity contribution in [2.24, 2.45) is 0 Å². The summed E-state index contributed by atoms with van der Waals surface area (Å²) in [6.07, 6.45) is 0.609. The van der Waals surface area contributed by atoms with E-state index < -0.39 is 0 Å². The SMILES string of the molecule is CC(C)[O][Al][O]C(C)C.Cl. The zero-order valence-corrected chi connectivity index (χ0v) is 8.93. The Bertz CT molecular complexity index is 60.8. The average Bonchev–Trinajstić information content (AvgIpc) is 1.63. The van der Waals surface area contributed by atoms with E-state index in [0.29, 0.717) is 12.2 Å². The van der Waals surface area contributed by atoms with Crippen molar-refractivity contribution in [2.75, 3.05) is 0 Å². The molecular formula is C6H15AlClO2. The van der Waals surface area contributed by atoms with Gasteiger partial charge in [-0.3, -0.25) is 0 Å². The molecule has 0 heterocycles. The summed E-state index contributed by atoms with van der Waals surface area (Å²) in [6.45, 7) is 8.04. The van der Waals surface area contributed by atoms with E-state index in [0.717, 1.165) is 0 Å². The molecule has 0 aromatic rings.